The lowest BCUT2D eigenvalue weighted by atomic mass is 9.91. The van der Waals surface area contributed by atoms with Crippen molar-refractivity contribution in [3.8, 4) is 44.5 Å². The molecule has 0 heterocycles. The number of hydrogen-bond donors (Lipinski definition) is 0. The number of halogens is 6. The highest BCUT2D eigenvalue weighted by atomic mass is 19.1. The van der Waals surface area contributed by atoms with Gasteiger partial charge in [-0.15, -0.1) is 0 Å². The summed E-state index contributed by atoms with van der Waals surface area (Å²) in [4.78, 5) is 3.25. The molecule has 0 radical (unpaired) electrons. The van der Waals surface area contributed by atoms with E-state index in [-0.39, 0.29) is 34.4 Å². The van der Waals surface area contributed by atoms with E-state index < -0.39 is 23.3 Å². The van der Waals surface area contributed by atoms with Crippen LogP contribution in [0.2, 0.25) is 0 Å². The Bertz CT molecular complexity index is 3830. The van der Waals surface area contributed by atoms with Crippen LogP contribution < -0.4 is 9.80 Å². The smallest absolute Gasteiger partial charge is 0.150 e. The number of benzene rings is 12. The zero-order valence-corrected chi connectivity index (χ0v) is 39.9. The lowest BCUT2D eigenvalue weighted by Gasteiger charge is -2.30. The van der Waals surface area contributed by atoms with E-state index in [9.17, 15) is 8.78 Å². The van der Waals surface area contributed by atoms with E-state index in [4.69, 9.17) is 0 Å². The van der Waals surface area contributed by atoms with Gasteiger partial charge in [0.05, 0.1) is 34.1 Å². The fourth-order valence-corrected chi connectivity index (χ4v) is 10.3. The van der Waals surface area contributed by atoms with Crippen molar-refractivity contribution in [3.63, 3.8) is 0 Å². The van der Waals surface area contributed by atoms with Crippen LogP contribution in [-0.2, 0) is 0 Å². The second-order valence-corrected chi connectivity index (χ2v) is 18.6. The van der Waals surface area contributed by atoms with Gasteiger partial charge in [0.15, 0.2) is 0 Å². The van der Waals surface area contributed by atoms with E-state index in [1.807, 2.05) is 97.1 Å². The highest BCUT2D eigenvalue weighted by molar-refractivity contribution is 6.28. The molecule has 0 aliphatic rings. The second-order valence-electron chi connectivity index (χ2n) is 18.6. The molecule has 74 heavy (non-hydrogen) atoms. The monoisotopic (exact) mass is 976 g/mol. The molecule has 0 aromatic heterocycles. The Morgan fingerprint density at radius 1 is 0.270 bits per heavy atom. The Hall–Kier alpha value is -9.14. The van der Waals surface area contributed by atoms with Crippen LogP contribution >= 0.6 is 0 Å². The highest BCUT2D eigenvalue weighted by Gasteiger charge is 2.27. The fraction of sp³-hybridized carbons (Fsp3) is 0.0303. The van der Waals surface area contributed by atoms with Crippen molar-refractivity contribution in [1.29, 1.82) is 0 Å². The van der Waals surface area contributed by atoms with Gasteiger partial charge in [-0.1, -0.05) is 146 Å². The lowest BCUT2D eigenvalue weighted by Crippen LogP contribution is -2.15. The van der Waals surface area contributed by atoms with Crippen LogP contribution in [0.5, 0.6) is 0 Å². The Balaban J connectivity index is 1.03. The van der Waals surface area contributed by atoms with Gasteiger partial charge >= 0.3 is 0 Å². The molecule has 0 aliphatic heterocycles. The SMILES string of the molecule is Cc1cccc(N(c2cc(-c3ccc(-c4ccc(F)cc4)cc3)ccc2F)c2ccc3ccc4c(N(c5cc(-c6ccc(-c7ccc(F)cc7)cc6)ccc5F)c5cccc(C)c5F)ccc5ccc2c3c54)c1F. The summed E-state index contributed by atoms with van der Waals surface area (Å²) in [7, 11) is 0. The van der Waals surface area contributed by atoms with E-state index in [0.29, 0.717) is 44.4 Å². The molecule has 0 fully saturated rings. The van der Waals surface area contributed by atoms with Crippen LogP contribution in [0.25, 0.3) is 76.8 Å². The molecule has 358 valence electrons. The number of nitrogens with zero attached hydrogens (tertiary/aromatic N) is 2. The summed E-state index contributed by atoms with van der Waals surface area (Å²) in [6, 6.07) is 63.0. The first-order valence-corrected chi connectivity index (χ1v) is 24.1. The molecule has 2 nitrogen and oxygen atoms in total. The highest BCUT2D eigenvalue weighted by Crippen LogP contribution is 2.50. The maximum Gasteiger partial charge on any atom is 0.150 e. The van der Waals surface area contributed by atoms with E-state index in [1.54, 1.807) is 109 Å². The van der Waals surface area contributed by atoms with Gasteiger partial charge in [-0.3, -0.25) is 0 Å². The average molecular weight is 977 g/mol. The van der Waals surface area contributed by atoms with Crippen molar-refractivity contribution in [2.24, 2.45) is 0 Å². The van der Waals surface area contributed by atoms with Gasteiger partial charge in [-0.05, 0) is 164 Å². The van der Waals surface area contributed by atoms with Crippen molar-refractivity contribution < 1.29 is 26.3 Å². The maximum atomic E-state index is 16.8. The van der Waals surface area contributed by atoms with Gasteiger partial charge in [0.2, 0.25) is 0 Å². The summed E-state index contributed by atoms with van der Waals surface area (Å²) in [6.07, 6.45) is 0. The number of anilines is 6. The molecule has 0 bridgehead atoms. The second kappa shape index (κ2) is 18.5. The fourth-order valence-electron chi connectivity index (χ4n) is 10.3. The Morgan fingerprint density at radius 2 is 0.581 bits per heavy atom. The molecule has 8 heteroatoms. The predicted molar refractivity (Wildman–Crippen MR) is 290 cm³/mol. The van der Waals surface area contributed by atoms with Gasteiger partial charge in [-0.25, -0.2) is 26.3 Å². The zero-order chi connectivity index (χ0) is 50.8. The van der Waals surface area contributed by atoms with Gasteiger partial charge in [0, 0.05) is 10.8 Å². The molecule has 0 atom stereocenters. The molecule has 0 unspecified atom stereocenters. The van der Waals surface area contributed by atoms with E-state index in [0.717, 1.165) is 54.9 Å². The predicted octanol–water partition coefficient (Wildman–Crippen LogP) is 19.6. The van der Waals surface area contributed by atoms with Gasteiger partial charge < -0.3 is 9.80 Å². The molecule has 0 N–H and O–H groups in total. The van der Waals surface area contributed by atoms with Crippen molar-refractivity contribution in [1.82, 2.24) is 0 Å². The summed E-state index contributed by atoms with van der Waals surface area (Å²) in [5, 5.41) is 4.68. The largest absolute Gasteiger partial charge is 0.304 e. The standard InChI is InChI=1S/C66H42F6N2/c1-39-5-3-7-59(65(39)71)73(61-37-49(23-33-55(61)69)45-13-9-41(10-14-45)43-17-27-51(67)28-18-43)57-35-25-47-22-32-54-58(36-26-48-21-31-53(57)63(47)64(48)54)74(60-8-4-6-40(2)66(60)72)62-38-50(24-34-56(62)70)46-15-11-42(12-16-46)44-19-29-52(68)30-20-44/h3-38H,1-2H3. The third-order valence-electron chi connectivity index (χ3n) is 14.1. The summed E-state index contributed by atoms with van der Waals surface area (Å²) >= 11 is 0. The lowest BCUT2D eigenvalue weighted by molar-refractivity contribution is 0.613. The maximum absolute atomic E-state index is 16.8. The minimum Gasteiger partial charge on any atom is -0.304 e. The van der Waals surface area contributed by atoms with E-state index in [1.165, 1.54) is 36.4 Å². The molecule has 12 rings (SSSR count). The third-order valence-corrected chi connectivity index (χ3v) is 14.1. The van der Waals surface area contributed by atoms with E-state index >= 15 is 17.6 Å². The topological polar surface area (TPSA) is 6.48 Å². The van der Waals surface area contributed by atoms with Gasteiger partial charge in [0.25, 0.3) is 0 Å². The summed E-state index contributed by atoms with van der Waals surface area (Å²) < 4.78 is 94.5. The number of aryl methyl sites for hydroxylation is 2. The summed E-state index contributed by atoms with van der Waals surface area (Å²) in [5.41, 5.74) is 8.72. The average Bonchev–Trinajstić information content (AvgIpc) is 3.45. The Morgan fingerprint density at radius 3 is 0.946 bits per heavy atom. The molecule has 12 aromatic carbocycles. The number of rotatable bonds is 10. The first-order chi connectivity index (χ1) is 36.0. The van der Waals surface area contributed by atoms with Crippen molar-refractivity contribution in [2.75, 3.05) is 9.80 Å². The minimum atomic E-state index is -0.575. The molecule has 0 amide bonds. The Labute approximate surface area is 423 Å². The van der Waals surface area contributed by atoms with E-state index in [2.05, 4.69) is 0 Å². The number of hydrogen-bond acceptors (Lipinski definition) is 2. The summed E-state index contributed by atoms with van der Waals surface area (Å²) in [5.74, 6) is -2.83. The van der Waals surface area contributed by atoms with Crippen molar-refractivity contribution in [3.05, 3.63) is 264 Å². The normalized spacial score (nSPS) is 11.5. The van der Waals surface area contributed by atoms with Crippen LogP contribution in [0.4, 0.5) is 60.5 Å². The third kappa shape index (κ3) is 8.05. The molecule has 0 saturated carbocycles. The van der Waals surface area contributed by atoms with Crippen LogP contribution in [-0.4, -0.2) is 0 Å². The van der Waals surface area contributed by atoms with Crippen molar-refractivity contribution >= 4 is 66.4 Å². The zero-order valence-electron chi connectivity index (χ0n) is 39.9. The minimum absolute atomic E-state index is 0.117. The molecule has 0 spiro atoms. The van der Waals surface area contributed by atoms with Crippen LogP contribution in [0.15, 0.2) is 218 Å². The molecule has 12 aromatic rings. The molecular weight excluding hydrogens is 935 g/mol. The Kier molecular flexibility index (Phi) is 11.5. The van der Waals surface area contributed by atoms with Crippen molar-refractivity contribution in [2.45, 2.75) is 13.8 Å². The van der Waals surface area contributed by atoms with Crippen LogP contribution in [0.1, 0.15) is 11.1 Å². The van der Waals surface area contributed by atoms with Gasteiger partial charge in [-0.2, -0.15) is 0 Å². The quantitative estimate of drug-likeness (QED) is 0.0995. The molecule has 0 aliphatic carbocycles. The molecular formula is C66H42F6N2. The summed E-state index contributed by atoms with van der Waals surface area (Å²) in [6.45, 7) is 3.34. The first-order valence-electron chi connectivity index (χ1n) is 24.1. The van der Waals surface area contributed by atoms with Crippen LogP contribution in [0, 0.1) is 48.8 Å². The van der Waals surface area contributed by atoms with Gasteiger partial charge in [0.1, 0.15) is 34.9 Å². The molecule has 0 saturated heterocycles. The first kappa shape index (κ1) is 46.0. The van der Waals surface area contributed by atoms with Crippen LogP contribution in [0.3, 0.4) is 0 Å².